The van der Waals surface area contributed by atoms with E-state index in [1.807, 2.05) is 16.9 Å². The van der Waals surface area contributed by atoms with E-state index < -0.39 is 22.3 Å². The van der Waals surface area contributed by atoms with Gasteiger partial charge in [0.2, 0.25) is 0 Å². The summed E-state index contributed by atoms with van der Waals surface area (Å²) >= 11 is 1.51. The molecule has 11 heteroatoms. The molecule has 0 spiro atoms. The quantitative estimate of drug-likeness (QED) is 0.111. The standard InChI is InChI=1S/C31H51N5O3SSi2/c1-22(37)31-32-19-28(40-31)26-18-33-36-29(17-27(34-30(26)36)25-15-23-8-9-24(14-23)16-25)35(20-38-10-12-41(2,3)4)21-39-11-13-42(5,6)7/h17-19,22-25,37H,8-16,20-21H2,1-7H3/t22?,23-,24+,25?. The Labute approximate surface area is 257 Å². The van der Waals surface area contributed by atoms with E-state index in [1.165, 1.54) is 43.4 Å². The zero-order valence-corrected chi connectivity index (χ0v) is 29.5. The van der Waals surface area contributed by atoms with Crippen LogP contribution in [0.5, 0.6) is 0 Å². The molecule has 2 unspecified atom stereocenters. The molecule has 2 bridgehead atoms. The number of aliphatic hydroxyl groups excluding tert-OH is 1. The van der Waals surface area contributed by atoms with Crippen LogP contribution in [0.3, 0.4) is 0 Å². The first-order chi connectivity index (χ1) is 19.9. The van der Waals surface area contributed by atoms with E-state index in [4.69, 9.17) is 19.6 Å². The summed E-state index contributed by atoms with van der Waals surface area (Å²) in [5.41, 5.74) is 2.96. The van der Waals surface area contributed by atoms with Crippen LogP contribution in [0.2, 0.25) is 51.4 Å². The number of hydrogen-bond donors (Lipinski definition) is 1. The van der Waals surface area contributed by atoms with Gasteiger partial charge in [-0.15, -0.1) is 11.3 Å². The van der Waals surface area contributed by atoms with Crippen LogP contribution in [-0.4, -0.2) is 67.5 Å². The minimum Gasteiger partial charge on any atom is -0.386 e. The number of nitrogens with zero attached hydrogens (tertiary/aromatic N) is 5. The summed E-state index contributed by atoms with van der Waals surface area (Å²) in [5.74, 6) is 3.07. The predicted octanol–water partition coefficient (Wildman–Crippen LogP) is 7.63. The smallest absolute Gasteiger partial charge is 0.166 e. The first-order valence-electron chi connectivity index (χ1n) is 15.8. The van der Waals surface area contributed by atoms with Gasteiger partial charge in [-0.2, -0.15) is 9.61 Å². The second kappa shape index (κ2) is 13.2. The summed E-state index contributed by atoms with van der Waals surface area (Å²) < 4.78 is 14.6. The van der Waals surface area contributed by atoms with Crippen LogP contribution in [0.25, 0.3) is 16.1 Å². The van der Waals surface area contributed by atoms with Gasteiger partial charge in [0.05, 0.1) is 16.6 Å². The molecule has 4 atom stereocenters. The fraction of sp³-hybridized carbons (Fsp3) is 0.710. The Morgan fingerprint density at radius 3 is 2.14 bits per heavy atom. The largest absolute Gasteiger partial charge is 0.386 e. The lowest BCUT2D eigenvalue weighted by Crippen LogP contribution is -2.33. The maximum Gasteiger partial charge on any atom is 0.166 e. The van der Waals surface area contributed by atoms with Crippen LogP contribution >= 0.6 is 11.3 Å². The van der Waals surface area contributed by atoms with E-state index in [-0.39, 0.29) is 0 Å². The average Bonchev–Trinajstić information content (AvgIpc) is 3.64. The van der Waals surface area contributed by atoms with Crippen molar-refractivity contribution in [2.24, 2.45) is 11.8 Å². The molecule has 3 aromatic heterocycles. The number of ether oxygens (including phenoxy) is 2. The fourth-order valence-corrected chi connectivity index (χ4v) is 8.58. The predicted molar refractivity (Wildman–Crippen MR) is 178 cm³/mol. The highest BCUT2D eigenvalue weighted by molar-refractivity contribution is 7.15. The average molecular weight is 630 g/mol. The SMILES string of the molecule is CC(O)c1ncc(-c2cnn3c(N(COCC[Si](C)(C)C)COCC[Si](C)(C)C)cc(C4C[C@H]5CC[C@@H](C4)C5)nc23)s1. The van der Waals surface area contributed by atoms with E-state index in [2.05, 4.69) is 55.2 Å². The van der Waals surface area contributed by atoms with Crippen molar-refractivity contribution in [3.63, 3.8) is 0 Å². The first kappa shape index (κ1) is 31.8. The Kier molecular flexibility index (Phi) is 9.95. The van der Waals surface area contributed by atoms with E-state index in [9.17, 15) is 5.11 Å². The molecule has 8 nitrogen and oxygen atoms in total. The molecule has 2 aliphatic rings. The number of rotatable bonds is 14. The molecule has 232 valence electrons. The van der Waals surface area contributed by atoms with Gasteiger partial charge in [0.1, 0.15) is 30.4 Å². The first-order valence-corrected chi connectivity index (χ1v) is 24.0. The van der Waals surface area contributed by atoms with Gasteiger partial charge in [0.25, 0.3) is 0 Å². The molecule has 0 aromatic carbocycles. The van der Waals surface area contributed by atoms with E-state index in [0.29, 0.717) is 24.4 Å². The molecule has 0 saturated heterocycles. The second-order valence-electron chi connectivity index (χ2n) is 15.0. The van der Waals surface area contributed by atoms with Crippen LogP contribution in [0.4, 0.5) is 5.82 Å². The third kappa shape index (κ3) is 8.09. The lowest BCUT2D eigenvalue weighted by atomic mass is 9.79. The summed E-state index contributed by atoms with van der Waals surface area (Å²) in [5, 5.41) is 15.7. The summed E-state index contributed by atoms with van der Waals surface area (Å²) in [7, 11) is -2.41. The second-order valence-corrected chi connectivity index (χ2v) is 27.3. The molecule has 2 aliphatic carbocycles. The van der Waals surface area contributed by atoms with Crippen molar-refractivity contribution in [1.82, 2.24) is 19.6 Å². The normalized spacial score (nSPS) is 21.8. The number of aromatic nitrogens is 4. The zero-order valence-electron chi connectivity index (χ0n) is 26.7. The van der Waals surface area contributed by atoms with Gasteiger partial charge in [0.15, 0.2) is 5.65 Å². The van der Waals surface area contributed by atoms with Gasteiger partial charge in [-0.1, -0.05) is 52.1 Å². The Balaban J connectivity index is 1.50. The molecule has 0 radical (unpaired) electrons. The minimum absolute atomic E-state index is 0.452. The molecule has 0 amide bonds. The maximum absolute atomic E-state index is 10.1. The fourth-order valence-electron chi connectivity index (χ4n) is 6.20. The van der Waals surface area contributed by atoms with E-state index in [0.717, 1.165) is 64.7 Å². The molecule has 42 heavy (non-hydrogen) atoms. The Morgan fingerprint density at radius 2 is 1.60 bits per heavy atom. The number of fused-ring (bicyclic) bond motifs is 3. The Hall–Kier alpha value is -1.64. The third-order valence-corrected chi connectivity index (χ3v) is 13.3. The van der Waals surface area contributed by atoms with Crippen LogP contribution in [0.15, 0.2) is 18.5 Å². The number of aliphatic hydroxyl groups is 1. The van der Waals surface area contributed by atoms with Gasteiger partial charge in [-0.05, 0) is 50.1 Å². The van der Waals surface area contributed by atoms with Crippen LogP contribution in [0.1, 0.15) is 61.8 Å². The molecule has 3 heterocycles. The number of thiazole rings is 1. The molecule has 3 aromatic rings. The Bertz CT molecular complexity index is 1300. The minimum atomic E-state index is -1.20. The van der Waals surface area contributed by atoms with Crippen molar-refractivity contribution in [2.75, 3.05) is 31.6 Å². The monoisotopic (exact) mass is 629 g/mol. The highest BCUT2D eigenvalue weighted by Crippen LogP contribution is 2.48. The van der Waals surface area contributed by atoms with Crippen LogP contribution in [-0.2, 0) is 9.47 Å². The molecule has 1 N–H and O–H groups in total. The molecule has 0 aliphatic heterocycles. The molecule has 2 fully saturated rings. The van der Waals surface area contributed by atoms with Gasteiger partial charge >= 0.3 is 0 Å². The summed E-state index contributed by atoms with van der Waals surface area (Å²) in [6.07, 6.45) is 9.68. The maximum atomic E-state index is 10.1. The van der Waals surface area contributed by atoms with E-state index >= 15 is 0 Å². The van der Waals surface area contributed by atoms with Gasteiger partial charge < -0.3 is 19.5 Å². The third-order valence-electron chi connectivity index (χ3n) is 8.73. The molecular weight excluding hydrogens is 579 g/mol. The van der Waals surface area contributed by atoms with Crippen molar-refractivity contribution in [3.05, 3.63) is 29.2 Å². The lowest BCUT2D eigenvalue weighted by Gasteiger charge is -2.30. The van der Waals surface area contributed by atoms with Crippen LogP contribution < -0.4 is 4.90 Å². The van der Waals surface area contributed by atoms with Crippen molar-refractivity contribution in [1.29, 1.82) is 0 Å². The number of hydrogen-bond acceptors (Lipinski definition) is 8. The molecule has 2 saturated carbocycles. The number of anilines is 1. The van der Waals surface area contributed by atoms with E-state index in [1.54, 1.807) is 6.92 Å². The summed E-state index contributed by atoms with van der Waals surface area (Å²) in [4.78, 5) is 13.0. The topological polar surface area (TPSA) is 85.0 Å². The highest BCUT2D eigenvalue weighted by Gasteiger charge is 2.36. The van der Waals surface area contributed by atoms with Crippen molar-refractivity contribution in [2.45, 2.75) is 102 Å². The summed E-state index contributed by atoms with van der Waals surface area (Å²) in [6, 6.07) is 4.51. The van der Waals surface area contributed by atoms with Crippen LogP contribution in [0, 0.1) is 11.8 Å². The van der Waals surface area contributed by atoms with Gasteiger partial charge in [-0.3, -0.25) is 0 Å². The van der Waals surface area contributed by atoms with Crippen molar-refractivity contribution < 1.29 is 14.6 Å². The molecular formula is C31H51N5O3SSi2. The van der Waals surface area contributed by atoms with Crippen molar-refractivity contribution >= 4 is 38.9 Å². The summed E-state index contributed by atoms with van der Waals surface area (Å²) in [6.45, 7) is 18.5. The highest BCUT2D eigenvalue weighted by atomic mass is 32.1. The van der Waals surface area contributed by atoms with Gasteiger partial charge in [0, 0.05) is 53.2 Å². The lowest BCUT2D eigenvalue weighted by molar-refractivity contribution is 0.0942. The zero-order chi connectivity index (χ0) is 30.1. The molecule has 5 rings (SSSR count). The van der Waals surface area contributed by atoms with Gasteiger partial charge in [-0.25, -0.2) is 9.97 Å². The van der Waals surface area contributed by atoms with Crippen molar-refractivity contribution in [3.8, 4) is 10.4 Å². The Morgan fingerprint density at radius 1 is 0.976 bits per heavy atom.